The first-order valence-electron chi connectivity index (χ1n) is 6.01. The Labute approximate surface area is 112 Å². The van der Waals surface area contributed by atoms with Crippen molar-refractivity contribution < 1.29 is 5.11 Å². The minimum atomic E-state index is -0.566. The molecule has 1 N–H and O–H groups in total. The van der Waals surface area contributed by atoms with Crippen molar-refractivity contribution in [3.8, 4) is 0 Å². The van der Waals surface area contributed by atoms with Gasteiger partial charge in [0.05, 0.1) is 0 Å². The minimum absolute atomic E-state index is 0.163. The number of hydrogen-bond donors (Lipinski definition) is 1. The molecule has 0 saturated carbocycles. The lowest BCUT2D eigenvalue weighted by Gasteiger charge is -2.19. The van der Waals surface area contributed by atoms with Crippen LogP contribution in [0.15, 0.2) is 29.6 Å². The maximum atomic E-state index is 10.00. The molecule has 1 aromatic heterocycles. The molecular weight excluding hydrogens is 244 g/mol. The summed E-state index contributed by atoms with van der Waals surface area (Å²) < 4.78 is 3.76. The molecule has 0 aliphatic rings. The molecule has 1 heterocycles. The number of aromatic nitrogens is 2. The lowest BCUT2D eigenvalue weighted by Crippen LogP contribution is -2.11. The van der Waals surface area contributed by atoms with Crippen LogP contribution < -0.4 is 0 Å². The summed E-state index contributed by atoms with van der Waals surface area (Å²) in [6, 6.07) is 8.40. The summed E-state index contributed by atoms with van der Waals surface area (Å²) in [5, 5.41) is 15.7. The van der Waals surface area contributed by atoms with Crippen molar-refractivity contribution >= 4 is 11.5 Å². The lowest BCUT2D eigenvalue weighted by molar-refractivity contribution is 0.173. The van der Waals surface area contributed by atoms with Gasteiger partial charge < -0.3 is 5.11 Å². The van der Waals surface area contributed by atoms with Gasteiger partial charge in [0.15, 0.2) is 0 Å². The van der Waals surface area contributed by atoms with E-state index in [1.165, 1.54) is 17.1 Å². The van der Waals surface area contributed by atoms with E-state index < -0.39 is 6.10 Å². The molecule has 1 atom stereocenters. The van der Waals surface area contributed by atoms with Crippen LogP contribution in [0.2, 0.25) is 0 Å². The second-order valence-corrected chi connectivity index (χ2v) is 6.11. The molecule has 3 nitrogen and oxygen atoms in total. The van der Waals surface area contributed by atoms with E-state index in [1.807, 2.05) is 0 Å². The van der Waals surface area contributed by atoms with Crippen molar-refractivity contribution in [2.75, 3.05) is 0 Å². The van der Waals surface area contributed by atoms with Crippen LogP contribution in [0, 0.1) is 0 Å². The number of nitrogens with zero attached hydrogens (tertiary/aromatic N) is 2. The summed E-state index contributed by atoms with van der Waals surface area (Å²) in [5.74, 6) is 0. The van der Waals surface area contributed by atoms with Gasteiger partial charge in [-0.05, 0) is 28.1 Å². The van der Waals surface area contributed by atoms with E-state index in [1.54, 1.807) is 5.38 Å². The zero-order valence-corrected chi connectivity index (χ0v) is 11.7. The number of aliphatic hydroxyl groups excluding tert-OH is 1. The third-order valence-corrected chi connectivity index (χ3v) is 3.49. The van der Waals surface area contributed by atoms with Crippen LogP contribution in [-0.2, 0) is 11.8 Å². The SMILES string of the molecule is CC(C)(C)c1ccc(CC(O)c2csnn2)cc1. The second kappa shape index (κ2) is 5.16. The van der Waals surface area contributed by atoms with Gasteiger partial charge in [0.1, 0.15) is 11.8 Å². The van der Waals surface area contributed by atoms with Gasteiger partial charge in [-0.15, -0.1) is 5.10 Å². The molecule has 96 valence electrons. The molecular formula is C14H18N2OS. The minimum Gasteiger partial charge on any atom is -0.386 e. The monoisotopic (exact) mass is 262 g/mol. The van der Waals surface area contributed by atoms with Crippen molar-refractivity contribution in [3.05, 3.63) is 46.5 Å². The number of rotatable bonds is 3. The van der Waals surface area contributed by atoms with Crippen LogP contribution in [0.1, 0.15) is 43.7 Å². The molecule has 0 radical (unpaired) electrons. The molecule has 1 aromatic carbocycles. The first-order valence-corrected chi connectivity index (χ1v) is 6.85. The zero-order chi connectivity index (χ0) is 13.2. The van der Waals surface area contributed by atoms with Crippen LogP contribution in [-0.4, -0.2) is 14.7 Å². The molecule has 0 spiro atoms. The van der Waals surface area contributed by atoms with Crippen molar-refractivity contribution in [1.82, 2.24) is 9.59 Å². The van der Waals surface area contributed by atoms with E-state index in [9.17, 15) is 5.11 Å². The lowest BCUT2D eigenvalue weighted by atomic mass is 9.86. The molecule has 1 unspecified atom stereocenters. The quantitative estimate of drug-likeness (QED) is 0.924. The fourth-order valence-corrected chi connectivity index (χ4v) is 2.29. The Kier molecular flexibility index (Phi) is 3.78. The van der Waals surface area contributed by atoms with Gasteiger partial charge in [-0.1, -0.05) is 49.5 Å². The fourth-order valence-electron chi connectivity index (χ4n) is 1.79. The Hall–Kier alpha value is -1.26. The van der Waals surface area contributed by atoms with Gasteiger partial charge in [0.2, 0.25) is 0 Å². The predicted molar refractivity (Wildman–Crippen MR) is 73.7 cm³/mol. The summed E-state index contributed by atoms with van der Waals surface area (Å²) in [5.41, 5.74) is 3.23. The van der Waals surface area contributed by atoms with E-state index in [4.69, 9.17) is 0 Å². The molecule has 0 aliphatic carbocycles. The van der Waals surface area contributed by atoms with Crippen LogP contribution >= 0.6 is 11.5 Å². The number of hydrogen-bond acceptors (Lipinski definition) is 4. The van der Waals surface area contributed by atoms with Gasteiger partial charge in [-0.2, -0.15) is 0 Å². The molecule has 2 aromatic rings. The van der Waals surface area contributed by atoms with Crippen LogP contribution in [0.4, 0.5) is 0 Å². The molecule has 4 heteroatoms. The topological polar surface area (TPSA) is 46.0 Å². The molecule has 0 saturated heterocycles. The third-order valence-electron chi connectivity index (χ3n) is 2.97. The molecule has 18 heavy (non-hydrogen) atoms. The van der Waals surface area contributed by atoms with Crippen molar-refractivity contribution in [2.24, 2.45) is 0 Å². The molecule has 0 fully saturated rings. The zero-order valence-electron chi connectivity index (χ0n) is 10.9. The Morgan fingerprint density at radius 2 is 1.89 bits per heavy atom. The summed E-state index contributed by atoms with van der Waals surface area (Å²) in [7, 11) is 0. The first-order chi connectivity index (χ1) is 8.47. The Bertz CT molecular complexity index is 486. The van der Waals surface area contributed by atoms with Crippen molar-refractivity contribution in [1.29, 1.82) is 0 Å². The normalized spacial score (nSPS) is 13.6. The molecule has 0 bridgehead atoms. The largest absolute Gasteiger partial charge is 0.386 e. The predicted octanol–water partition coefficient (Wildman–Crippen LogP) is 3.11. The highest BCUT2D eigenvalue weighted by Crippen LogP contribution is 2.23. The highest BCUT2D eigenvalue weighted by Gasteiger charge is 2.14. The molecule has 0 aliphatic heterocycles. The van der Waals surface area contributed by atoms with Crippen LogP contribution in [0.25, 0.3) is 0 Å². The Morgan fingerprint density at radius 3 is 2.39 bits per heavy atom. The van der Waals surface area contributed by atoms with Crippen LogP contribution in [0.5, 0.6) is 0 Å². The van der Waals surface area contributed by atoms with Gasteiger partial charge in [-0.3, -0.25) is 0 Å². The van der Waals surface area contributed by atoms with E-state index in [2.05, 4.69) is 54.6 Å². The van der Waals surface area contributed by atoms with E-state index in [-0.39, 0.29) is 5.41 Å². The Balaban J connectivity index is 2.07. The van der Waals surface area contributed by atoms with Gasteiger partial charge in [0.25, 0.3) is 0 Å². The average Bonchev–Trinajstić information content (AvgIpc) is 2.82. The standard InChI is InChI=1S/C14H18N2OS/c1-14(2,3)11-6-4-10(5-7-11)8-13(17)12-9-18-16-15-12/h4-7,9,13,17H,8H2,1-3H3. The van der Waals surface area contributed by atoms with Crippen molar-refractivity contribution in [2.45, 2.75) is 38.7 Å². The van der Waals surface area contributed by atoms with E-state index in [0.717, 1.165) is 5.56 Å². The highest BCUT2D eigenvalue weighted by molar-refractivity contribution is 7.03. The van der Waals surface area contributed by atoms with Gasteiger partial charge in [-0.25, -0.2) is 0 Å². The maximum absolute atomic E-state index is 10.00. The molecule has 2 rings (SSSR count). The number of aliphatic hydroxyl groups is 1. The summed E-state index contributed by atoms with van der Waals surface area (Å²) >= 11 is 1.26. The number of benzene rings is 1. The third kappa shape index (κ3) is 3.15. The Morgan fingerprint density at radius 1 is 1.22 bits per heavy atom. The fraction of sp³-hybridized carbons (Fsp3) is 0.429. The van der Waals surface area contributed by atoms with Crippen LogP contribution in [0.3, 0.4) is 0 Å². The maximum Gasteiger partial charge on any atom is 0.104 e. The van der Waals surface area contributed by atoms with Crippen molar-refractivity contribution in [3.63, 3.8) is 0 Å². The smallest absolute Gasteiger partial charge is 0.104 e. The first kappa shape index (κ1) is 13.2. The van der Waals surface area contributed by atoms with E-state index in [0.29, 0.717) is 12.1 Å². The highest BCUT2D eigenvalue weighted by atomic mass is 32.1. The second-order valence-electron chi connectivity index (χ2n) is 5.50. The van der Waals surface area contributed by atoms with Gasteiger partial charge in [0, 0.05) is 11.8 Å². The summed E-state index contributed by atoms with van der Waals surface area (Å²) in [6.45, 7) is 6.58. The molecule has 0 amide bonds. The van der Waals surface area contributed by atoms with E-state index >= 15 is 0 Å². The summed E-state index contributed by atoms with van der Waals surface area (Å²) in [6.07, 6.45) is 0.0137. The van der Waals surface area contributed by atoms with Gasteiger partial charge >= 0.3 is 0 Å². The summed E-state index contributed by atoms with van der Waals surface area (Å²) in [4.78, 5) is 0. The average molecular weight is 262 g/mol.